The number of aromatic nitrogens is 2. The molecular formula is C22H27N5O4. The molecule has 1 saturated carbocycles. The molecule has 3 amide bonds. The van der Waals surface area contributed by atoms with Crippen LogP contribution in [0.3, 0.4) is 0 Å². The van der Waals surface area contributed by atoms with E-state index in [0.717, 1.165) is 25.7 Å². The van der Waals surface area contributed by atoms with E-state index in [-0.39, 0.29) is 36.3 Å². The zero-order valence-corrected chi connectivity index (χ0v) is 17.5. The summed E-state index contributed by atoms with van der Waals surface area (Å²) in [4.78, 5) is 54.1. The standard InChI is InChI=1S/C22H27N5O4/c1-12-24-20-15(22(31)27(12)17-9-10-18(28)26-21(17)30)3-2-4-16(20)25-19(29)11-13-5-7-14(23)8-6-13/h2-4,13-14,17H,5-11,23H2,1H3,(H,25,29)(H,26,28,30). The number of amides is 3. The average molecular weight is 425 g/mol. The van der Waals surface area contributed by atoms with Crippen LogP contribution in [0.1, 0.15) is 56.8 Å². The quantitative estimate of drug-likeness (QED) is 0.636. The van der Waals surface area contributed by atoms with Crippen LogP contribution >= 0.6 is 0 Å². The number of piperidine rings is 1. The molecule has 31 heavy (non-hydrogen) atoms. The molecule has 0 bridgehead atoms. The molecule has 1 aromatic carbocycles. The largest absolute Gasteiger partial charge is 0.328 e. The number of hydrogen-bond acceptors (Lipinski definition) is 6. The molecule has 0 radical (unpaired) electrons. The summed E-state index contributed by atoms with van der Waals surface area (Å²) in [5.41, 5.74) is 6.45. The van der Waals surface area contributed by atoms with Crippen LogP contribution in [0.5, 0.6) is 0 Å². The molecule has 4 N–H and O–H groups in total. The molecule has 1 atom stereocenters. The van der Waals surface area contributed by atoms with Crippen LogP contribution in [-0.4, -0.2) is 33.3 Å². The molecule has 1 aliphatic heterocycles. The number of benzene rings is 1. The second-order valence-corrected chi connectivity index (χ2v) is 8.54. The van der Waals surface area contributed by atoms with Crippen molar-refractivity contribution in [3.63, 3.8) is 0 Å². The van der Waals surface area contributed by atoms with E-state index in [2.05, 4.69) is 15.6 Å². The van der Waals surface area contributed by atoms with Crippen molar-refractivity contribution < 1.29 is 14.4 Å². The second-order valence-electron chi connectivity index (χ2n) is 8.54. The maximum absolute atomic E-state index is 13.2. The van der Waals surface area contributed by atoms with Gasteiger partial charge in [-0.25, -0.2) is 4.98 Å². The molecule has 9 heteroatoms. The Bertz CT molecular complexity index is 1100. The minimum Gasteiger partial charge on any atom is -0.328 e. The van der Waals surface area contributed by atoms with Gasteiger partial charge in [-0.2, -0.15) is 0 Å². The van der Waals surface area contributed by atoms with Gasteiger partial charge in [0.2, 0.25) is 17.7 Å². The first-order valence-corrected chi connectivity index (χ1v) is 10.7. The number of para-hydroxylation sites is 1. The van der Waals surface area contributed by atoms with Gasteiger partial charge in [0.05, 0.1) is 11.1 Å². The normalized spacial score (nSPS) is 24.1. The number of anilines is 1. The Hall–Kier alpha value is -3.07. The van der Waals surface area contributed by atoms with Gasteiger partial charge in [-0.15, -0.1) is 0 Å². The van der Waals surface area contributed by atoms with Gasteiger partial charge in [-0.05, 0) is 57.1 Å². The molecule has 2 fully saturated rings. The van der Waals surface area contributed by atoms with Gasteiger partial charge in [0, 0.05) is 18.9 Å². The van der Waals surface area contributed by atoms with E-state index in [1.54, 1.807) is 25.1 Å². The summed E-state index contributed by atoms with van der Waals surface area (Å²) < 4.78 is 1.33. The second kappa shape index (κ2) is 8.58. The van der Waals surface area contributed by atoms with Crippen molar-refractivity contribution in [2.75, 3.05) is 5.32 Å². The Balaban J connectivity index is 1.60. The molecule has 0 spiro atoms. The highest BCUT2D eigenvalue weighted by atomic mass is 16.2. The average Bonchev–Trinajstić information content (AvgIpc) is 2.72. The maximum Gasteiger partial charge on any atom is 0.262 e. The minimum absolute atomic E-state index is 0.109. The molecule has 1 saturated heterocycles. The van der Waals surface area contributed by atoms with E-state index >= 15 is 0 Å². The van der Waals surface area contributed by atoms with Gasteiger partial charge >= 0.3 is 0 Å². The Morgan fingerprint density at radius 1 is 1.19 bits per heavy atom. The Morgan fingerprint density at radius 2 is 1.94 bits per heavy atom. The van der Waals surface area contributed by atoms with Gasteiger partial charge in [0.1, 0.15) is 17.4 Å². The van der Waals surface area contributed by atoms with Gasteiger partial charge in [0.25, 0.3) is 5.56 Å². The SMILES string of the molecule is Cc1nc2c(NC(=O)CC3CCC(N)CC3)cccc2c(=O)n1C1CCC(=O)NC1=O. The molecule has 2 heterocycles. The van der Waals surface area contributed by atoms with Crippen molar-refractivity contribution in [2.45, 2.75) is 64.0 Å². The number of nitrogens with two attached hydrogens (primary N) is 1. The zero-order chi connectivity index (χ0) is 22.1. The van der Waals surface area contributed by atoms with E-state index in [1.807, 2.05) is 0 Å². The van der Waals surface area contributed by atoms with Crippen LogP contribution in [0.25, 0.3) is 10.9 Å². The van der Waals surface area contributed by atoms with E-state index in [1.165, 1.54) is 4.57 Å². The number of nitrogens with one attached hydrogen (secondary N) is 2. The highest BCUT2D eigenvalue weighted by Crippen LogP contribution is 2.27. The lowest BCUT2D eigenvalue weighted by molar-refractivity contribution is -0.135. The Kier molecular flexibility index (Phi) is 5.86. The summed E-state index contributed by atoms with van der Waals surface area (Å²) in [6.07, 6.45) is 4.59. The van der Waals surface area contributed by atoms with E-state index in [9.17, 15) is 19.2 Å². The van der Waals surface area contributed by atoms with Crippen molar-refractivity contribution in [3.8, 4) is 0 Å². The summed E-state index contributed by atoms with van der Waals surface area (Å²) >= 11 is 0. The van der Waals surface area contributed by atoms with E-state index in [0.29, 0.717) is 34.8 Å². The molecule has 2 aromatic rings. The van der Waals surface area contributed by atoms with E-state index in [4.69, 9.17) is 5.73 Å². The summed E-state index contributed by atoms with van der Waals surface area (Å²) in [6, 6.07) is 4.49. The lowest BCUT2D eigenvalue weighted by atomic mass is 9.84. The van der Waals surface area contributed by atoms with Crippen LogP contribution in [0.15, 0.2) is 23.0 Å². The highest BCUT2D eigenvalue weighted by Gasteiger charge is 2.30. The van der Waals surface area contributed by atoms with E-state index < -0.39 is 11.9 Å². The fourth-order valence-corrected chi connectivity index (χ4v) is 4.58. The first kappa shape index (κ1) is 21.2. The van der Waals surface area contributed by atoms with Gasteiger partial charge in [0.15, 0.2) is 0 Å². The van der Waals surface area contributed by atoms with Crippen LogP contribution in [0, 0.1) is 12.8 Å². The molecule has 1 unspecified atom stereocenters. The van der Waals surface area contributed by atoms with Crippen LogP contribution in [0.4, 0.5) is 5.69 Å². The van der Waals surface area contributed by atoms with Crippen molar-refractivity contribution in [1.29, 1.82) is 0 Å². The molecule has 1 aromatic heterocycles. The smallest absolute Gasteiger partial charge is 0.262 e. The fraction of sp³-hybridized carbons (Fsp3) is 0.500. The topological polar surface area (TPSA) is 136 Å². The monoisotopic (exact) mass is 425 g/mol. The van der Waals surface area contributed by atoms with Gasteiger partial charge < -0.3 is 11.1 Å². The summed E-state index contributed by atoms with van der Waals surface area (Å²) in [7, 11) is 0. The summed E-state index contributed by atoms with van der Waals surface area (Å²) in [6.45, 7) is 1.65. The third kappa shape index (κ3) is 4.36. The number of aryl methyl sites for hydroxylation is 1. The van der Waals surface area contributed by atoms with Crippen molar-refractivity contribution in [1.82, 2.24) is 14.9 Å². The number of carbonyl (C=O) groups excluding carboxylic acids is 3. The van der Waals surface area contributed by atoms with Crippen LogP contribution < -0.4 is 21.9 Å². The maximum atomic E-state index is 13.2. The van der Waals surface area contributed by atoms with Gasteiger partial charge in [-0.3, -0.25) is 29.1 Å². The van der Waals surface area contributed by atoms with Crippen LogP contribution in [-0.2, 0) is 14.4 Å². The summed E-state index contributed by atoms with van der Waals surface area (Å²) in [5, 5.41) is 5.50. The molecule has 164 valence electrons. The first-order valence-electron chi connectivity index (χ1n) is 10.7. The molecule has 2 aliphatic rings. The first-order chi connectivity index (χ1) is 14.8. The van der Waals surface area contributed by atoms with Crippen molar-refractivity contribution in [3.05, 3.63) is 34.4 Å². The molecule has 1 aliphatic carbocycles. The number of nitrogens with zero attached hydrogens (tertiary/aromatic N) is 2. The lowest BCUT2D eigenvalue weighted by Crippen LogP contribution is -2.45. The highest BCUT2D eigenvalue weighted by molar-refractivity contribution is 6.01. The number of hydrogen-bond donors (Lipinski definition) is 3. The lowest BCUT2D eigenvalue weighted by Gasteiger charge is -2.25. The number of imide groups is 1. The number of carbonyl (C=O) groups is 3. The fourth-order valence-electron chi connectivity index (χ4n) is 4.58. The van der Waals surface area contributed by atoms with Crippen LogP contribution in [0.2, 0.25) is 0 Å². The zero-order valence-electron chi connectivity index (χ0n) is 17.5. The predicted octanol–water partition coefficient (Wildman–Crippen LogP) is 1.53. The van der Waals surface area contributed by atoms with Crippen molar-refractivity contribution >= 4 is 34.3 Å². The minimum atomic E-state index is -0.780. The third-order valence-corrected chi connectivity index (χ3v) is 6.27. The van der Waals surface area contributed by atoms with Crippen molar-refractivity contribution in [2.24, 2.45) is 11.7 Å². The van der Waals surface area contributed by atoms with Gasteiger partial charge in [-0.1, -0.05) is 6.07 Å². The third-order valence-electron chi connectivity index (χ3n) is 6.27. The Morgan fingerprint density at radius 3 is 2.65 bits per heavy atom. The molecular weight excluding hydrogens is 398 g/mol. The molecule has 9 nitrogen and oxygen atoms in total. The predicted molar refractivity (Wildman–Crippen MR) is 115 cm³/mol. The number of rotatable bonds is 4. The number of fused-ring (bicyclic) bond motifs is 1. The molecule has 4 rings (SSSR count). The summed E-state index contributed by atoms with van der Waals surface area (Å²) in [5.74, 6) is -0.282. The Labute approximate surface area is 179 Å².